The van der Waals surface area contributed by atoms with Crippen molar-refractivity contribution in [3.8, 4) is 0 Å². The summed E-state index contributed by atoms with van der Waals surface area (Å²) in [7, 11) is 2.05. The summed E-state index contributed by atoms with van der Waals surface area (Å²) in [6, 6.07) is 9.88. The highest BCUT2D eigenvalue weighted by Crippen LogP contribution is 2.49. The molecule has 1 aliphatic heterocycles. The van der Waals surface area contributed by atoms with Gasteiger partial charge < -0.3 is 10.6 Å². The Labute approximate surface area is 164 Å². The second-order valence-corrected chi connectivity index (χ2v) is 7.98. The van der Waals surface area contributed by atoms with Crippen molar-refractivity contribution in [2.45, 2.75) is 31.3 Å². The van der Waals surface area contributed by atoms with Gasteiger partial charge >= 0.3 is 0 Å². The molecule has 1 aromatic carbocycles. The fourth-order valence-electron chi connectivity index (χ4n) is 3.95. The Balaban J connectivity index is 1.32. The van der Waals surface area contributed by atoms with E-state index in [4.69, 9.17) is 17.3 Å². The highest BCUT2D eigenvalue weighted by Gasteiger charge is 2.47. The molecule has 0 spiro atoms. The number of amides is 1. The molecule has 142 valence electrons. The van der Waals surface area contributed by atoms with Crippen LogP contribution in [0.3, 0.4) is 0 Å². The van der Waals surface area contributed by atoms with Crippen molar-refractivity contribution in [3.63, 3.8) is 0 Å². The quantitative estimate of drug-likeness (QED) is 0.856. The van der Waals surface area contributed by atoms with Gasteiger partial charge in [-0.3, -0.25) is 9.69 Å². The number of carbonyl (C=O) groups is 1. The first-order chi connectivity index (χ1) is 13.0. The molecule has 0 bridgehead atoms. The number of nitrogens with zero attached hydrogens (tertiary/aromatic N) is 4. The maximum Gasteiger partial charge on any atom is 0.226 e. The second-order valence-electron chi connectivity index (χ2n) is 7.54. The van der Waals surface area contributed by atoms with E-state index in [2.05, 4.69) is 28.0 Å². The number of halogens is 1. The summed E-state index contributed by atoms with van der Waals surface area (Å²) in [6.45, 7) is 2.20. The van der Waals surface area contributed by atoms with Crippen LogP contribution in [-0.2, 0) is 11.3 Å². The molecule has 4 rings (SSSR count). The lowest BCUT2D eigenvalue weighted by Gasteiger charge is -2.24. The van der Waals surface area contributed by atoms with Gasteiger partial charge in [-0.2, -0.15) is 0 Å². The van der Waals surface area contributed by atoms with Crippen molar-refractivity contribution in [1.82, 2.24) is 19.8 Å². The molecule has 2 heterocycles. The fourth-order valence-corrected chi connectivity index (χ4v) is 4.15. The molecule has 1 aromatic heterocycles. The number of benzene rings is 1. The van der Waals surface area contributed by atoms with E-state index >= 15 is 0 Å². The smallest absolute Gasteiger partial charge is 0.226 e. The summed E-state index contributed by atoms with van der Waals surface area (Å²) in [4.78, 5) is 25.6. The number of anilines is 1. The van der Waals surface area contributed by atoms with Gasteiger partial charge in [0.1, 0.15) is 11.6 Å². The van der Waals surface area contributed by atoms with E-state index < -0.39 is 0 Å². The van der Waals surface area contributed by atoms with Gasteiger partial charge in [-0.05, 0) is 49.6 Å². The van der Waals surface area contributed by atoms with Crippen LogP contribution in [-0.4, -0.2) is 51.9 Å². The van der Waals surface area contributed by atoms with E-state index in [1.165, 1.54) is 5.56 Å². The minimum atomic E-state index is 0.102. The van der Waals surface area contributed by atoms with Gasteiger partial charge in [-0.25, -0.2) is 9.97 Å². The molecular formula is C20H24ClN5O. The van der Waals surface area contributed by atoms with Crippen LogP contribution in [0.1, 0.15) is 30.1 Å². The molecule has 2 N–H and O–H groups in total. The highest BCUT2D eigenvalue weighted by molar-refractivity contribution is 6.30. The Morgan fingerprint density at radius 1 is 1.41 bits per heavy atom. The van der Waals surface area contributed by atoms with Gasteiger partial charge in [0.05, 0.1) is 6.54 Å². The molecule has 1 amide bonds. The number of carbonyl (C=O) groups excluding carboxylic acids is 1. The Kier molecular flexibility index (Phi) is 5.02. The third-order valence-electron chi connectivity index (χ3n) is 5.60. The first kappa shape index (κ1) is 18.2. The molecule has 2 fully saturated rings. The molecule has 3 atom stereocenters. The van der Waals surface area contributed by atoms with Gasteiger partial charge in [0.15, 0.2) is 0 Å². The van der Waals surface area contributed by atoms with Gasteiger partial charge in [-0.1, -0.05) is 23.7 Å². The number of rotatable bonds is 5. The van der Waals surface area contributed by atoms with Crippen LogP contribution in [0.5, 0.6) is 0 Å². The second kappa shape index (κ2) is 7.44. The number of hydrogen-bond donors (Lipinski definition) is 1. The number of likely N-dealkylation sites (N-methyl/N-ethyl adjacent to an activating group) is 1. The maximum absolute atomic E-state index is 12.9. The standard InChI is InChI=1S/C20H24ClN5O/c1-25(12-19-23-7-5-18(22)24-19)15-6-8-26(11-15)20(27)17-10-16(17)13-3-2-4-14(21)9-13/h2-5,7,9,15-17H,6,8,10-12H2,1H3,(H2,22,23,24). The van der Waals surface area contributed by atoms with Crippen molar-refractivity contribution >= 4 is 23.3 Å². The van der Waals surface area contributed by atoms with Gasteiger partial charge in [-0.15, -0.1) is 0 Å². The average molecular weight is 386 g/mol. The zero-order valence-corrected chi connectivity index (χ0v) is 16.1. The largest absolute Gasteiger partial charge is 0.384 e. The molecule has 3 unspecified atom stereocenters. The predicted molar refractivity (Wildman–Crippen MR) is 105 cm³/mol. The third-order valence-corrected chi connectivity index (χ3v) is 5.84. The average Bonchev–Trinajstić information content (AvgIpc) is 3.29. The summed E-state index contributed by atoms with van der Waals surface area (Å²) in [5, 5.41) is 0.734. The van der Waals surface area contributed by atoms with Crippen LogP contribution in [0.2, 0.25) is 5.02 Å². The molecule has 27 heavy (non-hydrogen) atoms. The molecule has 0 radical (unpaired) electrons. The Hall–Kier alpha value is -2.18. The molecule has 2 aliphatic rings. The number of nitrogens with two attached hydrogens (primary N) is 1. The zero-order chi connectivity index (χ0) is 19.0. The molecule has 1 aliphatic carbocycles. The van der Waals surface area contributed by atoms with Crippen LogP contribution in [0, 0.1) is 5.92 Å². The van der Waals surface area contributed by atoms with Crippen LogP contribution in [0.25, 0.3) is 0 Å². The molecule has 1 saturated heterocycles. The fraction of sp³-hybridized carbons (Fsp3) is 0.450. The summed E-state index contributed by atoms with van der Waals surface area (Å²) >= 11 is 6.08. The van der Waals surface area contributed by atoms with Gasteiger partial charge in [0.25, 0.3) is 0 Å². The van der Waals surface area contributed by atoms with Crippen LogP contribution in [0.15, 0.2) is 36.5 Å². The lowest BCUT2D eigenvalue weighted by molar-refractivity contribution is -0.131. The molecule has 6 nitrogen and oxygen atoms in total. The number of likely N-dealkylation sites (tertiary alicyclic amines) is 1. The molecular weight excluding hydrogens is 362 g/mol. The predicted octanol–water partition coefficient (Wildman–Crippen LogP) is 2.55. The lowest BCUT2D eigenvalue weighted by Crippen LogP contribution is -2.37. The number of aromatic nitrogens is 2. The lowest BCUT2D eigenvalue weighted by atomic mass is 10.1. The normalized spacial score (nSPS) is 24.4. The summed E-state index contributed by atoms with van der Waals surface area (Å²) in [5.41, 5.74) is 6.90. The molecule has 2 aromatic rings. The SMILES string of the molecule is CN(Cc1nccc(N)n1)C1CCN(C(=O)C2CC2c2cccc(Cl)c2)C1. The molecule has 7 heteroatoms. The Morgan fingerprint density at radius 2 is 2.26 bits per heavy atom. The van der Waals surface area contributed by atoms with Crippen molar-refractivity contribution in [2.75, 3.05) is 25.9 Å². The summed E-state index contributed by atoms with van der Waals surface area (Å²) in [6.07, 6.45) is 3.57. The van der Waals surface area contributed by atoms with Crippen molar-refractivity contribution in [2.24, 2.45) is 5.92 Å². The third kappa shape index (κ3) is 4.06. The Morgan fingerprint density at radius 3 is 3.04 bits per heavy atom. The van der Waals surface area contributed by atoms with E-state index in [1.807, 2.05) is 23.1 Å². The molecule has 1 saturated carbocycles. The number of nitrogen functional groups attached to an aromatic ring is 1. The van der Waals surface area contributed by atoms with E-state index in [1.54, 1.807) is 12.3 Å². The van der Waals surface area contributed by atoms with E-state index in [-0.39, 0.29) is 11.8 Å². The van der Waals surface area contributed by atoms with Crippen LogP contribution < -0.4 is 5.73 Å². The van der Waals surface area contributed by atoms with E-state index in [9.17, 15) is 4.79 Å². The minimum Gasteiger partial charge on any atom is -0.384 e. The first-order valence-corrected chi connectivity index (χ1v) is 9.71. The van der Waals surface area contributed by atoms with Crippen LogP contribution >= 0.6 is 11.6 Å². The van der Waals surface area contributed by atoms with E-state index in [0.29, 0.717) is 30.1 Å². The number of hydrogen-bond acceptors (Lipinski definition) is 5. The van der Waals surface area contributed by atoms with Crippen molar-refractivity contribution in [3.05, 3.63) is 52.9 Å². The zero-order valence-electron chi connectivity index (χ0n) is 15.4. The summed E-state index contributed by atoms with van der Waals surface area (Å²) < 4.78 is 0. The van der Waals surface area contributed by atoms with E-state index in [0.717, 1.165) is 31.0 Å². The first-order valence-electron chi connectivity index (χ1n) is 9.33. The summed E-state index contributed by atoms with van der Waals surface area (Å²) in [5.74, 6) is 1.89. The topological polar surface area (TPSA) is 75.4 Å². The maximum atomic E-state index is 12.9. The minimum absolute atomic E-state index is 0.102. The van der Waals surface area contributed by atoms with Crippen LogP contribution in [0.4, 0.5) is 5.82 Å². The van der Waals surface area contributed by atoms with Gasteiger partial charge in [0.2, 0.25) is 5.91 Å². The Bertz CT molecular complexity index is 845. The van der Waals surface area contributed by atoms with Gasteiger partial charge in [0, 0.05) is 36.3 Å². The van der Waals surface area contributed by atoms with Crippen molar-refractivity contribution in [1.29, 1.82) is 0 Å². The monoisotopic (exact) mass is 385 g/mol. The van der Waals surface area contributed by atoms with Crippen molar-refractivity contribution < 1.29 is 4.79 Å². The highest BCUT2D eigenvalue weighted by atomic mass is 35.5.